The molecule has 2 saturated heterocycles. The molecule has 24 heavy (non-hydrogen) atoms. The maximum absolute atomic E-state index is 12.8. The summed E-state index contributed by atoms with van der Waals surface area (Å²) in [5.74, 6) is -0.630. The number of hydrogen-bond donors (Lipinski definition) is 2. The molecule has 0 radical (unpaired) electrons. The van der Waals surface area contributed by atoms with Crippen LogP contribution in [0, 0.1) is 5.92 Å². The van der Waals surface area contributed by atoms with E-state index in [0.29, 0.717) is 31.6 Å². The minimum Gasteiger partial charge on any atom is -0.369 e. The van der Waals surface area contributed by atoms with Crippen LogP contribution >= 0.6 is 0 Å². The highest BCUT2D eigenvalue weighted by atomic mass is 16.2. The van der Waals surface area contributed by atoms with Crippen LogP contribution in [0.4, 0.5) is 5.69 Å². The van der Waals surface area contributed by atoms with Crippen molar-refractivity contribution >= 4 is 23.4 Å². The van der Waals surface area contributed by atoms with Gasteiger partial charge in [0.2, 0.25) is 11.8 Å². The number of carbonyl (C=O) groups is 3. The van der Waals surface area contributed by atoms with Gasteiger partial charge in [0.1, 0.15) is 0 Å². The minimum atomic E-state index is -0.336. The van der Waals surface area contributed by atoms with Crippen molar-refractivity contribution < 1.29 is 19.3 Å². The van der Waals surface area contributed by atoms with Crippen molar-refractivity contribution in [2.24, 2.45) is 11.7 Å². The predicted octanol–water partition coefficient (Wildman–Crippen LogP) is -0.339. The number of amides is 3. The number of primary amides is 1. The summed E-state index contributed by atoms with van der Waals surface area (Å²) >= 11 is 0. The number of hydrogen-bond acceptors (Lipinski definition) is 3. The van der Waals surface area contributed by atoms with Crippen LogP contribution in [0.15, 0.2) is 24.3 Å². The van der Waals surface area contributed by atoms with E-state index in [1.807, 2.05) is 24.3 Å². The molecule has 1 aromatic rings. The Balaban J connectivity index is 1.71. The van der Waals surface area contributed by atoms with E-state index in [1.54, 1.807) is 0 Å². The molecule has 1 atom stereocenters. The van der Waals surface area contributed by atoms with Crippen LogP contribution in [0.5, 0.6) is 0 Å². The number of nitrogens with two attached hydrogens (primary N) is 1. The van der Waals surface area contributed by atoms with Crippen LogP contribution in [0.1, 0.15) is 31.7 Å². The molecule has 0 aromatic heterocycles. The van der Waals surface area contributed by atoms with E-state index in [4.69, 9.17) is 5.73 Å². The van der Waals surface area contributed by atoms with E-state index in [2.05, 4.69) is 6.92 Å². The highest BCUT2D eigenvalue weighted by Gasteiger charge is 2.46. The summed E-state index contributed by atoms with van der Waals surface area (Å²) in [6.07, 6.45) is 2.54. The Labute approximate surface area is 141 Å². The van der Waals surface area contributed by atoms with E-state index in [0.717, 1.165) is 11.3 Å². The number of anilines is 1. The second kappa shape index (κ2) is 6.73. The summed E-state index contributed by atoms with van der Waals surface area (Å²) in [4.78, 5) is 38.8. The molecule has 2 aliphatic rings. The predicted molar refractivity (Wildman–Crippen MR) is 89.3 cm³/mol. The van der Waals surface area contributed by atoms with Gasteiger partial charge < -0.3 is 10.6 Å². The number of benzene rings is 1. The lowest BCUT2D eigenvalue weighted by atomic mass is 9.95. The highest BCUT2D eigenvalue weighted by molar-refractivity contribution is 6.21. The van der Waals surface area contributed by atoms with Crippen molar-refractivity contribution in [2.45, 2.75) is 38.6 Å². The third kappa shape index (κ3) is 3.06. The number of imide groups is 1. The van der Waals surface area contributed by atoms with Crippen LogP contribution < -0.4 is 15.5 Å². The fraction of sp³-hybridized carbons (Fsp3) is 0.500. The summed E-state index contributed by atoms with van der Waals surface area (Å²) in [5.41, 5.74) is 7.18. The molecule has 0 bridgehead atoms. The monoisotopic (exact) mass is 330 g/mol. The van der Waals surface area contributed by atoms with Gasteiger partial charge in [-0.25, -0.2) is 4.90 Å². The molecule has 3 rings (SSSR count). The van der Waals surface area contributed by atoms with Crippen molar-refractivity contribution in [1.82, 2.24) is 0 Å². The first-order valence-electron chi connectivity index (χ1n) is 8.61. The lowest BCUT2D eigenvalue weighted by molar-refractivity contribution is -0.920. The van der Waals surface area contributed by atoms with E-state index in [9.17, 15) is 14.4 Å². The van der Waals surface area contributed by atoms with Gasteiger partial charge in [-0.15, -0.1) is 0 Å². The second-order valence-corrected chi connectivity index (χ2v) is 6.68. The third-order valence-electron chi connectivity index (χ3n) is 5.27. The van der Waals surface area contributed by atoms with Gasteiger partial charge in [0.25, 0.3) is 5.91 Å². The molecule has 3 amide bonds. The summed E-state index contributed by atoms with van der Waals surface area (Å²) in [6, 6.07) is 7.25. The quantitative estimate of drug-likeness (QED) is 0.741. The summed E-state index contributed by atoms with van der Waals surface area (Å²) < 4.78 is 0. The number of nitrogens with zero attached hydrogens (tertiary/aromatic N) is 1. The molecule has 0 saturated carbocycles. The maximum Gasteiger partial charge on any atom is 0.292 e. The lowest BCUT2D eigenvalue weighted by Crippen LogP contribution is -3.17. The molecular weight excluding hydrogens is 306 g/mol. The number of rotatable bonds is 4. The lowest BCUT2D eigenvalue weighted by Gasteiger charge is -2.30. The molecule has 2 heterocycles. The van der Waals surface area contributed by atoms with E-state index in [1.165, 1.54) is 10.5 Å². The van der Waals surface area contributed by atoms with Crippen molar-refractivity contribution in [2.75, 3.05) is 18.0 Å². The normalized spacial score (nSPS) is 27.5. The van der Waals surface area contributed by atoms with Crippen LogP contribution in [0.2, 0.25) is 0 Å². The number of carbonyl (C=O) groups excluding carboxylic acids is 3. The molecule has 128 valence electrons. The van der Waals surface area contributed by atoms with Crippen molar-refractivity contribution in [3.05, 3.63) is 29.8 Å². The van der Waals surface area contributed by atoms with Crippen molar-refractivity contribution in [3.8, 4) is 0 Å². The first-order chi connectivity index (χ1) is 11.5. The van der Waals surface area contributed by atoms with E-state index >= 15 is 0 Å². The molecule has 0 spiro atoms. The third-order valence-corrected chi connectivity index (χ3v) is 5.27. The Morgan fingerprint density at radius 3 is 2.38 bits per heavy atom. The molecule has 2 aliphatic heterocycles. The van der Waals surface area contributed by atoms with Gasteiger partial charge in [-0.1, -0.05) is 19.1 Å². The van der Waals surface area contributed by atoms with Crippen LogP contribution in [-0.2, 0) is 20.8 Å². The smallest absolute Gasteiger partial charge is 0.292 e. The molecule has 3 N–H and O–H groups in total. The summed E-state index contributed by atoms with van der Waals surface area (Å²) in [7, 11) is 0. The van der Waals surface area contributed by atoms with Gasteiger partial charge in [-0.05, 0) is 24.1 Å². The average molecular weight is 330 g/mol. The Hall–Kier alpha value is -2.21. The average Bonchev–Trinajstić information content (AvgIpc) is 2.89. The van der Waals surface area contributed by atoms with Crippen molar-refractivity contribution in [3.63, 3.8) is 0 Å². The van der Waals surface area contributed by atoms with Crippen LogP contribution in [-0.4, -0.2) is 36.9 Å². The standard InChI is InChI=1S/C18H23N3O3/c1-2-12-3-5-14(6-4-12)21-16(22)11-15(18(21)24)20-9-7-13(8-10-20)17(19)23/h3-6,13,15H,2,7-11H2,1H3,(H2,19,23)/p+1/t15-/m0/s1. The Kier molecular flexibility index (Phi) is 4.66. The number of aryl methyl sites for hydroxylation is 1. The molecule has 1 aromatic carbocycles. The zero-order valence-corrected chi connectivity index (χ0v) is 14.0. The first kappa shape index (κ1) is 16.6. The van der Waals surface area contributed by atoms with Gasteiger partial charge in [-0.2, -0.15) is 0 Å². The van der Waals surface area contributed by atoms with Crippen LogP contribution in [0.25, 0.3) is 0 Å². The molecule has 0 aliphatic carbocycles. The number of piperidine rings is 1. The van der Waals surface area contributed by atoms with Gasteiger partial charge in [0, 0.05) is 18.8 Å². The molecule has 6 nitrogen and oxygen atoms in total. The fourth-order valence-corrected chi connectivity index (χ4v) is 3.72. The second-order valence-electron chi connectivity index (χ2n) is 6.68. The number of likely N-dealkylation sites (tertiary alicyclic amines) is 1. The van der Waals surface area contributed by atoms with E-state index < -0.39 is 0 Å². The topological polar surface area (TPSA) is 84.9 Å². The number of nitrogens with one attached hydrogen (secondary N) is 1. The van der Waals surface area contributed by atoms with Gasteiger partial charge in [-0.3, -0.25) is 14.4 Å². The van der Waals surface area contributed by atoms with E-state index in [-0.39, 0.29) is 36.1 Å². The minimum absolute atomic E-state index is 0.0985. The van der Waals surface area contributed by atoms with Crippen LogP contribution in [0.3, 0.4) is 0 Å². The van der Waals surface area contributed by atoms with Crippen molar-refractivity contribution in [1.29, 1.82) is 0 Å². The molecule has 0 unspecified atom stereocenters. The molecular formula is C18H24N3O3+. The number of quaternary nitrogens is 1. The Bertz CT molecular complexity index is 648. The summed E-state index contributed by atoms with van der Waals surface area (Å²) in [6.45, 7) is 3.48. The Morgan fingerprint density at radius 1 is 1.21 bits per heavy atom. The maximum atomic E-state index is 12.8. The SMILES string of the molecule is CCc1ccc(N2C(=O)C[C@H]([NH+]3CCC(C(N)=O)CC3)C2=O)cc1. The summed E-state index contributed by atoms with van der Waals surface area (Å²) in [5, 5.41) is 0. The fourth-order valence-electron chi connectivity index (χ4n) is 3.72. The highest BCUT2D eigenvalue weighted by Crippen LogP contribution is 2.23. The molecule has 2 fully saturated rings. The largest absolute Gasteiger partial charge is 0.369 e. The first-order valence-corrected chi connectivity index (χ1v) is 8.61. The van der Waals surface area contributed by atoms with Gasteiger partial charge >= 0.3 is 0 Å². The zero-order valence-electron chi connectivity index (χ0n) is 14.0. The molecule has 6 heteroatoms. The van der Waals surface area contributed by atoms with Gasteiger partial charge in [0.15, 0.2) is 6.04 Å². The zero-order chi connectivity index (χ0) is 17.3. The van der Waals surface area contributed by atoms with Gasteiger partial charge in [0.05, 0.1) is 25.2 Å². The Morgan fingerprint density at radius 2 is 1.83 bits per heavy atom.